The van der Waals surface area contributed by atoms with Gasteiger partial charge in [-0.25, -0.2) is 0 Å². The number of methoxy groups -OCH3 is 1. The van der Waals surface area contributed by atoms with Crippen molar-refractivity contribution >= 4 is 11.6 Å². The first kappa shape index (κ1) is 16.6. The van der Waals surface area contributed by atoms with Crippen molar-refractivity contribution < 1.29 is 9.53 Å². The highest BCUT2D eigenvalue weighted by molar-refractivity contribution is 5.94. The van der Waals surface area contributed by atoms with E-state index in [1.165, 1.54) is 0 Å². The van der Waals surface area contributed by atoms with E-state index >= 15 is 0 Å². The Hall–Kier alpha value is -2.80. The van der Waals surface area contributed by atoms with Gasteiger partial charge in [-0.15, -0.1) is 0 Å². The highest BCUT2D eigenvalue weighted by Crippen LogP contribution is 2.18. The maximum Gasteiger partial charge on any atom is 0.242 e. The summed E-state index contributed by atoms with van der Waals surface area (Å²) in [6.45, 7) is 3.95. The maximum absolute atomic E-state index is 12.3. The number of rotatable bonds is 5. The zero-order valence-corrected chi connectivity index (χ0v) is 13.6. The van der Waals surface area contributed by atoms with Crippen LogP contribution in [0.4, 0.5) is 5.69 Å². The fourth-order valence-corrected chi connectivity index (χ4v) is 2.47. The van der Waals surface area contributed by atoms with Crippen LogP contribution < -0.4 is 10.1 Å². The number of hydrogen-bond acceptors (Lipinski definition) is 3. The molecule has 0 fully saturated rings. The number of benzene rings is 2. The molecule has 0 aliphatic heterocycles. The summed E-state index contributed by atoms with van der Waals surface area (Å²) in [5, 5.41) is 12.1. The Morgan fingerprint density at radius 1 is 1.17 bits per heavy atom. The predicted molar refractivity (Wildman–Crippen MR) is 90.3 cm³/mol. The number of carbonyl (C=O) groups excluding carboxylic acids is 1. The van der Waals surface area contributed by atoms with Gasteiger partial charge in [0.2, 0.25) is 5.91 Å². The molecule has 1 amide bonds. The average molecular weight is 308 g/mol. The zero-order chi connectivity index (χ0) is 16.8. The Morgan fingerprint density at radius 3 is 2.30 bits per heavy atom. The molecule has 23 heavy (non-hydrogen) atoms. The number of aryl methyl sites for hydroxylation is 2. The van der Waals surface area contributed by atoms with Crippen molar-refractivity contribution in [2.75, 3.05) is 12.4 Å². The van der Waals surface area contributed by atoms with Crippen LogP contribution in [-0.2, 0) is 11.2 Å². The largest absolute Gasteiger partial charge is 0.497 e. The third-order valence-corrected chi connectivity index (χ3v) is 3.56. The van der Waals surface area contributed by atoms with Crippen molar-refractivity contribution in [1.29, 1.82) is 5.26 Å². The lowest BCUT2D eigenvalue weighted by molar-refractivity contribution is -0.118. The first-order valence-electron chi connectivity index (χ1n) is 7.43. The van der Waals surface area contributed by atoms with Gasteiger partial charge in [-0.05, 0) is 61.2 Å². The van der Waals surface area contributed by atoms with Crippen molar-refractivity contribution in [1.82, 2.24) is 0 Å². The molecule has 1 N–H and O–H groups in total. The van der Waals surface area contributed by atoms with Gasteiger partial charge in [-0.1, -0.05) is 18.2 Å². The summed E-state index contributed by atoms with van der Waals surface area (Å²) in [4.78, 5) is 12.3. The maximum atomic E-state index is 12.3. The number of nitrogens with zero attached hydrogens (tertiary/aromatic N) is 1. The highest BCUT2D eigenvalue weighted by atomic mass is 16.5. The van der Waals surface area contributed by atoms with E-state index in [1.54, 1.807) is 7.11 Å². The number of hydrogen-bond donors (Lipinski definition) is 1. The Kier molecular flexibility index (Phi) is 5.37. The van der Waals surface area contributed by atoms with Gasteiger partial charge in [0.1, 0.15) is 11.7 Å². The summed E-state index contributed by atoms with van der Waals surface area (Å²) in [5.74, 6) is -0.264. The molecule has 0 radical (unpaired) electrons. The van der Waals surface area contributed by atoms with E-state index in [9.17, 15) is 10.1 Å². The lowest BCUT2D eigenvalue weighted by Crippen LogP contribution is -2.23. The van der Waals surface area contributed by atoms with Gasteiger partial charge in [0.05, 0.1) is 13.2 Å². The minimum Gasteiger partial charge on any atom is -0.497 e. The molecule has 2 aromatic rings. The number of amides is 1. The van der Waals surface area contributed by atoms with Crippen LogP contribution in [-0.4, -0.2) is 13.0 Å². The topological polar surface area (TPSA) is 62.1 Å². The van der Waals surface area contributed by atoms with Crippen molar-refractivity contribution in [3.63, 3.8) is 0 Å². The van der Waals surface area contributed by atoms with Gasteiger partial charge in [0.15, 0.2) is 0 Å². The Morgan fingerprint density at radius 2 is 1.78 bits per heavy atom. The third kappa shape index (κ3) is 4.58. The molecular formula is C19H20N2O2. The SMILES string of the molecule is COc1ccc(C[C@H](C#N)C(=O)Nc2cc(C)cc(C)c2)cc1. The smallest absolute Gasteiger partial charge is 0.242 e. The summed E-state index contributed by atoms with van der Waals surface area (Å²) in [6.07, 6.45) is 0.372. The monoisotopic (exact) mass is 308 g/mol. The third-order valence-electron chi connectivity index (χ3n) is 3.56. The second-order valence-corrected chi connectivity index (χ2v) is 5.60. The number of anilines is 1. The molecule has 0 saturated carbocycles. The van der Waals surface area contributed by atoms with Crippen LogP contribution >= 0.6 is 0 Å². The molecule has 0 heterocycles. The summed E-state index contributed by atoms with van der Waals surface area (Å²) < 4.78 is 5.11. The first-order chi connectivity index (χ1) is 11.0. The molecule has 1 atom stereocenters. The number of ether oxygens (including phenoxy) is 1. The van der Waals surface area contributed by atoms with Crippen LogP contribution in [0.1, 0.15) is 16.7 Å². The van der Waals surface area contributed by atoms with Gasteiger partial charge < -0.3 is 10.1 Å². The average Bonchev–Trinajstić information content (AvgIpc) is 2.52. The van der Waals surface area contributed by atoms with E-state index in [1.807, 2.05) is 56.3 Å². The molecule has 118 valence electrons. The van der Waals surface area contributed by atoms with Gasteiger partial charge in [-0.3, -0.25) is 4.79 Å². The molecule has 0 spiro atoms. The molecule has 0 aliphatic rings. The summed E-state index contributed by atoms with van der Waals surface area (Å²) in [5.41, 5.74) is 3.79. The van der Waals surface area contributed by atoms with Crippen molar-refractivity contribution in [3.8, 4) is 11.8 Å². The van der Waals surface area contributed by atoms with Crippen molar-refractivity contribution in [3.05, 3.63) is 59.2 Å². The Balaban J connectivity index is 2.07. The van der Waals surface area contributed by atoms with Gasteiger partial charge in [0.25, 0.3) is 0 Å². The minimum absolute atomic E-state index is 0.284. The molecule has 0 saturated heterocycles. The summed E-state index contributed by atoms with van der Waals surface area (Å²) >= 11 is 0. The van der Waals surface area contributed by atoms with E-state index in [-0.39, 0.29) is 5.91 Å². The van der Waals surface area contributed by atoms with E-state index in [2.05, 4.69) is 11.4 Å². The Labute approximate surface area is 136 Å². The number of carbonyl (C=O) groups is 1. The molecule has 0 aromatic heterocycles. The molecule has 2 aromatic carbocycles. The highest BCUT2D eigenvalue weighted by Gasteiger charge is 2.18. The minimum atomic E-state index is -0.732. The molecule has 0 bridgehead atoms. The van der Waals surface area contributed by atoms with Crippen LogP contribution in [0.5, 0.6) is 5.75 Å². The molecule has 0 aliphatic carbocycles. The standard InChI is InChI=1S/C19H20N2O2/c1-13-8-14(2)10-17(9-13)21-19(22)16(12-20)11-15-4-6-18(23-3)7-5-15/h4-10,16H,11H2,1-3H3,(H,21,22)/t16-/m1/s1. The van der Waals surface area contributed by atoms with E-state index < -0.39 is 5.92 Å². The summed E-state index contributed by atoms with van der Waals surface area (Å²) in [7, 11) is 1.60. The number of nitrogens with one attached hydrogen (secondary N) is 1. The van der Waals surface area contributed by atoms with Crippen LogP contribution in [0.2, 0.25) is 0 Å². The molecule has 0 unspecified atom stereocenters. The lowest BCUT2D eigenvalue weighted by atomic mass is 9.99. The normalized spacial score (nSPS) is 11.4. The second kappa shape index (κ2) is 7.46. The lowest BCUT2D eigenvalue weighted by Gasteiger charge is -2.12. The zero-order valence-electron chi connectivity index (χ0n) is 13.6. The van der Waals surface area contributed by atoms with E-state index in [0.717, 1.165) is 28.1 Å². The van der Waals surface area contributed by atoms with Gasteiger partial charge in [-0.2, -0.15) is 5.26 Å². The van der Waals surface area contributed by atoms with E-state index in [0.29, 0.717) is 6.42 Å². The van der Waals surface area contributed by atoms with Gasteiger partial charge in [0, 0.05) is 5.69 Å². The van der Waals surface area contributed by atoms with Gasteiger partial charge >= 0.3 is 0 Å². The molecule has 4 heteroatoms. The molecule has 4 nitrogen and oxygen atoms in total. The number of nitriles is 1. The van der Waals surface area contributed by atoms with Crippen LogP contribution in [0.15, 0.2) is 42.5 Å². The van der Waals surface area contributed by atoms with Crippen LogP contribution in [0.3, 0.4) is 0 Å². The van der Waals surface area contributed by atoms with Crippen LogP contribution in [0, 0.1) is 31.1 Å². The quantitative estimate of drug-likeness (QED) is 0.917. The second-order valence-electron chi connectivity index (χ2n) is 5.60. The van der Waals surface area contributed by atoms with E-state index in [4.69, 9.17) is 4.74 Å². The summed E-state index contributed by atoms with van der Waals surface area (Å²) in [6, 6.07) is 15.3. The van der Waals surface area contributed by atoms with Crippen molar-refractivity contribution in [2.24, 2.45) is 5.92 Å². The Bertz CT molecular complexity index is 710. The van der Waals surface area contributed by atoms with Crippen molar-refractivity contribution in [2.45, 2.75) is 20.3 Å². The molecular weight excluding hydrogens is 288 g/mol. The predicted octanol–water partition coefficient (Wildman–Crippen LogP) is 3.63. The van der Waals surface area contributed by atoms with Crippen LogP contribution in [0.25, 0.3) is 0 Å². The first-order valence-corrected chi connectivity index (χ1v) is 7.43. The fraction of sp³-hybridized carbons (Fsp3) is 0.263. The molecule has 2 rings (SSSR count). The fourth-order valence-electron chi connectivity index (χ4n) is 2.47.